The highest BCUT2D eigenvalue weighted by molar-refractivity contribution is 7.89. The van der Waals surface area contributed by atoms with Crippen molar-refractivity contribution in [3.8, 4) is 0 Å². The zero-order chi connectivity index (χ0) is 30.5. The van der Waals surface area contributed by atoms with Gasteiger partial charge in [0.1, 0.15) is 17.0 Å². The smallest absolute Gasteiger partial charge is 0.326 e. The molecule has 5 atom stereocenters. The first-order chi connectivity index (χ1) is 19.2. The van der Waals surface area contributed by atoms with Crippen molar-refractivity contribution in [2.45, 2.75) is 55.2 Å². The molecule has 0 spiro atoms. The number of likely N-dealkylation sites (tertiary alicyclic amines) is 1. The van der Waals surface area contributed by atoms with Crippen LogP contribution in [0, 0.1) is 0 Å². The molecule has 2 unspecified atom stereocenters. The molecule has 2 aromatic carbocycles. The van der Waals surface area contributed by atoms with E-state index < -0.39 is 68.2 Å². The molecule has 0 saturated carbocycles. The van der Waals surface area contributed by atoms with Crippen LogP contribution < -0.4 is 20.5 Å². The van der Waals surface area contributed by atoms with Crippen LogP contribution >= 0.6 is 11.6 Å². The lowest BCUT2D eigenvalue weighted by molar-refractivity contribution is -0.149. The van der Waals surface area contributed by atoms with Crippen LogP contribution in [-0.4, -0.2) is 80.9 Å². The summed E-state index contributed by atoms with van der Waals surface area (Å²) in [5, 5.41) is 21.8. The summed E-state index contributed by atoms with van der Waals surface area (Å²) in [5.74, 6) is -3.28. The van der Waals surface area contributed by atoms with Crippen LogP contribution in [0.3, 0.4) is 0 Å². The molecule has 0 bridgehead atoms. The van der Waals surface area contributed by atoms with Gasteiger partial charge in [0.2, 0.25) is 15.9 Å². The quantitative estimate of drug-likeness (QED) is 0.132. The van der Waals surface area contributed by atoms with Crippen molar-refractivity contribution in [2.24, 2.45) is 0 Å². The minimum absolute atomic E-state index is 0.133. The molecule has 14 nitrogen and oxygen atoms in total. The second kappa shape index (κ2) is 13.6. The van der Waals surface area contributed by atoms with E-state index >= 15 is 0 Å². The van der Waals surface area contributed by atoms with Crippen molar-refractivity contribution in [1.29, 1.82) is 0 Å². The predicted molar refractivity (Wildman–Crippen MR) is 149 cm³/mol. The molecule has 7 N–H and O–H groups in total. The normalized spacial score (nSPS) is 19.3. The first kappa shape index (κ1) is 32.2. The van der Waals surface area contributed by atoms with E-state index in [2.05, 4.69) is 10.0 Å². The third-order valence-corrected chi connectivity index (χ3v) is 8.83. The molecule has 0 aromatic heterocycles. The van der Waals surface area contributed by atoms with E-state index in [1.807, 2.05) is 35.1 Å². The van der Waals surface area contributed by atoms with Gasteiger partial charge in [0, 0.05) is 23.9 Å². The van der Waals surface area contributed by atoms with Crippen molar-refractivity contribution in [1.82, 2.24) is 14.9 Å². The molecular formula is C24H29ClN5O9S2-. The third kappa shape index (κ3) is 8.37. The molecular weight excluding hydrogens is 602 g/mol. The molecule has 1 aliphatic heterocycles. The number of halogens is 1. The summed E-state index contributed by atoms with van der Waals surface area (Å²) < 4.78 is 52.5. The summed E-state index contributed by atoms with van der Waals surface area (Å²) in [7, 11) is -4.43. The first-order valence-corrected chi connectivity index (χ1v) is 15.2. The maximum absolute atomic E-state index is 13.2. The SMILES string of the molecule is C[C@H](N[C@@H](CCc1ccccc1)C(=O)O)C(=O)N1C[C@@H](NS(=O)(=O)c2cc(NS(=O)[O-])c(N)cc2Cl)CC1C(=O)O. The number of rotatable bonds is 13. The fourth-order valence-corrected chi connectivity index (χ4v) is 6.65. The number of hydrogen-bond acceptors (Lipinski definition) is 9. The fraction of sp³-hybridized carbons (Fsp3) is 0.375. The molecule has 0 radical (unpaired) electrons. The molecule has 1 aliphatic rings. The lowest BCUT2D eigenvalue weighted by Crippen LogP contribution is -2.53. The number of nitrogens with two attached hydrogens (primary N) is 1. The van der Waals surface area contributed by atoms with E-state index in [0.29, 0.717) is 6.42 Å². The summed E-state index contributed by atoms with van der Waals surface area (Å²) in [6.45, 7) is 1.07. The topological polar surface area (TPSA) is 231 Å². The number of carbonyl (C=O) groups excluding carboxylic acids is 1. The Balaban J connectivity index is 1.73. The van der Waals surface area contributed by atoms with Crippen LogP contribution in [0.5, 0.6) is 0 Å². The summed E-state index contributed by atoms with van der Waals surface area (Å²) in [6.07, 6.45) is 0.305. The summed E-state index contributed by atoms with van der Waals surface area (Å²) in [4.78, 5) is 37.5. The minimum Gasteiger partial charge on any atom is -0.755 e. The van der Waals surface area contributed by atoms with Gasteiger partial charge in [0.15, 0.2) is 0 Å². The molecule has 3 rings (SSSR count). The number of aliphatic carboxylic acids is 2. The molecule has 1 fully saturated rings. The molecule has 2 aromatic rings. The first-order valence-electron chi connectivity index (χ1n) is 12.2. The van der Waals surface area contributed by atoms with E-state index in [1.54, 1.807) is 0 Å². The van der Waals surface area contributed by atoms with Crippen LogP contribution in [0.15, 0.2) is 47.4 Å². The van der Waals surface area contributed by atoms with Crippen LogP contribution in [0.4, 0.5) is 11.4 Å². The number of carbonyl (C=O) groups is 3. The highest BCUT2D eigenvalue weighted by atomic mass is 35.5. The zero-order valence-electron chi connectivity index (χ0n) is 21.7. The Hall–Kier alpha value is -3.28. The predicted octanol–water partition coefficient (Wildman–Crippen LogP) is 0.525. The number of anilines is 2. The van der Waals surface area contributed by atoms with Gasteiger partial charge >= 0.3 is 11.9 Å². The Morgan fingerprint density at radius 3 is 2.46 bits per heavy atom. The second-order valence-corrected chi connectivity index (χ2v) is 12.2. The molecule has 1 saturated heterocycles. The van der Waals surface area contributed by atoms with Crippen molar-refractivity contribution in [3.63, 3.8) is 0 Å². The number of carboxylic acids is 2. The summed E-state index contributed by atoms with van der Waals surface area (Å²) >= 11 is 3.24. The number of nitrogen functional groups attached to an aromatic ring is 1. The van der Waals surface area contributed by atoms with Gasteiger partial charge in [0.25, 0.3) is 0 Å². The van der Waals surface area contributed by atoms with Gasteiger partial charge in [-0.25, -0.2) is 17.9 Å². The van der Waals surface area contributed by atoms with E-state index in [0.717, 1.165) is 22.6 Å². The largest absolute Gasteiger partial charge is 0.755 e. The Kier molecular flexibility index (Phi) is 10.7. The molecule has 224 valence electrons. The number of benzene rings is 2. The van der Waals surface area contributed by atoms with Gasteiger partial charge in [-0.05, 0) is 43.9 Å². The van der Waals surface area contributed by atoms with Crippen molar-refractivity contribution in [3.05, 3.63) is 53.1 Å². The monoisotopic (exact) mass is 630 g/mol. The standard InChI is InChI=1S/C24H30ClN5O9S2/c1-13(27-18(23(32)33)8-7-14-5-3-2-4-6-14)22(31)30-12-15(9-20(30)24(34)35)29-41(38,39)21-11-19(28-40(36)37)17(26)10-16(21)25/h2-6,10-11,13,15,18,20,27-29H,7-9,12,26H2,1H3,(H,32,33)(H,34,35)(H,36,37)/p-1/t13-,15-,18-,20?/m0/s1. The Morgan fingerprint density at radius 1 is 1.22 bits per heavy atom. The van der Waals surface area contributed by atoms with E-state index in [9.17, 15) is 41.8 Å². The van der Waals surface area contributed by atoms with Crippen molar-refractivity contribution < 1.29 is 41.8 Å². The van der Waals surface area contributed by atoms with Gasteiger partial charge in [-0.1, -0.05) is 41.9 Å². The van der Waals surface area contributed by atoms with Gasteiger partial charge in [0.05, 0.1) is 22.4 Å². The summed E-state index contributed by atoms with van der Waals surface area (Å²) in [6, 6.07) is 6.46. The number of hydrogen-bond donors (Lipinski definition) is 6. The maximum atomic E-state index is 13.2. The number of sulfonamides is 1. The van der Waals surface area contributed by atoms with Gasteiger partial charge in [-0.15, -0.1) is 0 Å². The van der Waals surface area contributed by atoms with Gasteiger partial charge < -0.3 is 30.1 Å². The van der Waals surface area contributed by atoms with Gasteiger partial charge in [-0.2, -0.15) is 0 Å². The fourth-order valence-electron chi connectivity index (χ4n) is 4.49. The second-order valence-electron chi connectivity index (χ2n) is 9.41. The van der Waals surface area contributed by atoms with E-state index in [-0.39, 0.29) is 35.8 Å². The lowest BCUT2D eigenvalue weighted by Gasteiger charge is -2.27. The van der Waals surface area contributed by atoms with Crippen LogP contribution in [0.2, 0.25) is 5.02 Å². The highest BCUT2D eigenvalue weighted by Gasteiger charge is 2.43. The minimum atomic E-state index is -4.43. The molecule has 41 heavy (non-hydrogen) atoms. The Morgan fingerprint density at radius 2 is 1.88 bits per heavy atom. The number of aryl methyl sites for hydroxylation is 1. The van der Waals surface area contributed by atoms with E-state index in [4.69, 9.17) is 17.3 Å². The van der Waals surface area contributed by atoms with Crippen molar-refractivity contribution >= 4 is 62.1 Å². The number of nitrogens with zero attached hydrogens (tertiary/aromatic N) is 1. The average Bonchev–Trinajstić information content (AvgIpc) is 3.31. The van der Waals surface area contributed by atoms with E-state index in [1.165, 1.54) is 6.92 Å². The van der Waals surface area contributed by atoms with Crippen LogP contribution in [0.1, 0.15) is 25.3 Å². The van der Waals surface area contributed by atoms with Crippen molar-refractivity contribution in [2.75, 3.05) is 17.0 Å². The zero-order valence-corrected chi connectivity index (χ0v) is 24.0. The molecule has 0 aliphatic carbocycles. The maximum Gasteiger partial charge on any atom is 0.326 e. The summed E-state index contributed by atoms with van der Waals surface area (Å²) in [5.41, 5.74) is 6.23. The van der Waals surface area contributed by atoms with Gasteiger partial charge in [-0.3, -0.25) is 19.1 Å². The highest BCUT2D eigenvalue weighted by Crippen LogP contribution is 2.31. The number of nitrogens with one attached hydrogen (secondary N) is 3. The molecule has 1 heterocycles. The average molecular weight is 631 g/mol. The third-order valence-electron chi connectivity index (χ3n) is 6.46. The Bertz CT molecular complexity index is 1430. The Labute approximate surface area is 243 Å². The van der Waals surface area contributed by atoms with Crippen LogP contribution in [0.25, 0.3) is 0 Å². The van der Waals surface area contributed by atoms with Crippen LogP contribution in [-0.2, 0) is 42.1 Å². The lowest BCUT2D eigenvalue weighted by atomic mass is 10.0. The molecule has 1 amide bonds. The number of amides is 1. The number of carboxylic acid groups (broad SMARTS) is 2. The molecule has 17 heteroatoms.